The van der Waals surface area contributed by atoms with Crippen LogP contribution in [0.15, 0.2) is 59.7 Å². The number of anilines is 2. The van der Waals surface area contributed by atoms with E-state index in [1.165, 1.54) is 15.8 Å². The van der Waals surface area contributed by atoms with Gasteiger partial charge in [0.25, 0.3) is 17.4 Å². The molecule has 3 aliphatic heterocycles. The summed E-state index contributed by atoms with van der Waals surface area (Å²) in [7, 11) is -10.2. The number of nitrogen functional groups attached to an aromatic ring is 1. The number of fused-ring (bicyclic) bond motifs is 2. The minimum Gasteiger partial charge on any atom is -0.387 e. The number of aromatic amines is 1. The summed E-state index contributed by atoms with van der Waals surface area (Å²) in [6, 6.07) is 13.4. The van der Waals surface area contributed by atoms with Gasteiger partial charge in [0.2, 0.25) is 29.5 Å². The van der Waals surface area contributed by atoms with Crippen molar-refractivity contribution >= 4 is 62.0 Å². The number of aliphatic hydroxyl groups is 2. The number of carbonyl (C=O) groups excluding carboxylic acids is 4. The number of phosphoric acid groups is 1. The molecule has 0 radical (unpaired) electrons. The van der Waals surface area contributed by atoms with E-state index >= 15 is 0 Å². The number of rotatable bonds is 35. The second kappa shape index (κ2) is 29.8. The minimum absolute atomic E-state index is 0.0167. The molecule has 3 aliphatic rings. The molecule has 2 aromatic carbocycles. The number of piperidine rings is 1. The van der Waals surface area contributed by atoms with Gasteiger partial charge in [0, 0.05) is 36.3 Å². The molecular weight excluding hydrogens is 1090 g/mol. The van der Waals surface area contributed by atoms with Gasteiger partial charge in [-0.3, -0.25) is 43.4 Å². The van der Waals surface area contributed by atoms with E-state index in [9.17, 15) is 53.1 Å². The number of nitrogens with two attached hydrogens (primary N) is 1. The number of aromatic nitrogens is 4. The number of imide groups is 1. The number of H-pyrrole nitrogens is 1. The lowest BCUT2D eigenvalue weighted by molar-refractivity contribution is -0.745. The first kappa shape index (κ1) is 61.2. The van der Waals surface area contributed by atoms with Crippen LogP contribution in [0.5, 0.6) is 0 Å². The van der Waals surface area contributed by atoms with Crippen molar-refractivity contribution in [2.45, 2.75) is 62.9 Å². The van der Waals surface area contributed by atoms with Crippen molar-refractivity contribution in [1.29, 1.82) is 0 Å². The summed E-state index contributed by atoms with van der Waals surface area (Å²) in [4.78, 5) is 90.9. The lowest BCUT2D eigenvalue weighted by Gasteiger charge is -2.29. The Morgan fingerprint density at radius 3 is 2.04 bits per heavy atom. The Morgan fingerprint density at radius 1 is 0.810 bits per heavy atom. The van der Waals surface area contributed by atoms with Crippen molar-refractivity contribution < 1.29 is 99.6 Å². The van der Waals surface area contributed by atoms with Crippen LogP contribution in [0.4, 0.5) is 11.6 Å². The second-order valence-electron chi connectivity index (χ2n) is 17.9. The van der Waals surface area contributed by atoms with Crippen LogP contribution < -0.4 is 31.6 Å². The van der Waals surface area contributed by atoms with Gasteiger partial charge in [0.1, 0.15) is 24.4 Å². The lowest BCUT2D eigenvalue weighted by atomic mass is 10.0. The van der Waals surface area contributed by atoms with E-state index in [0.29, 0.717) is 69.7 Å². The van der Waals surface area contributed by atoms with Gasteiger partial charge in [-0.15, -0.1) is 0 Å². The molecule has 0 aliphatic carbocycles. The molecule has 7 atom stereocenters. The fourth-order valence-corrected chi connectivity index (χ4v) is 10.7. The molecule has 2 saturated heterocycles. The molecule has 5 heterocycles. The first-order valence-electron chi connectivity index (χ1n) is 25.2. The van der Waals surface area contributed by atoms with Crippen molar-refractivity contribution in [3.05, 3.63) is 81.9 Å². The van der Waals surface area contributed by atoms with Gasteiger partial charge in [-0.1, -0.05) is 41.4 Å². The maximum atomic E-state index is 13.0. The largest absolute Gasteiger partial charge is 0.480 e. The molecule has 7 unspecified atom stereocenters. The Morgan fingerprint density at radius 2 is 1.42 bits per heavy atom. The number of nitrogens with one attached hydrogen (secondary N) is 4. The zero-order chi connectivity index (χ0) is 56.4. The first-order valence-corrected chi connectivity index (χ1v) is 28.3. The number of aliphatic hydroxyl groups excluding tert-OH is 2. The number of ether oxygens (including phenoxy) is 8. The molecule has 4 aromatic rings. The lowest BCUT2D eigenvalue weighted by Crippen LogP contribution is -2.52. The molecule has 2 aromatic heterocycles. The molecular formula is C47H66N9O21P2+. The first-order chi connectivity index (χ1) is 38.0. The van der Waals surface area contributed by atoms with E-state index in [0.717, 1.165) is 5.56 Å². The van der Waals surface area contributed by atoms with Gasteiger partial charge < -0.3 is 73.8 Å². The Kier molecular flexibility index (Phi) is 23.1. The molecule has 32 heteroatoms. The van der Waals surface area contributed by atoms with Crippen LogP contribution in [0.1, 0.15) is 47.0 Å². The van der Waals surface area contributed by atoms with Crippen molar-refractivity contribution in [3.8, 4) is 0 Å². The van der Waals surface area contributed by atoms with Crippen LogP contribution in [-0.2, 0) is 83.3 Å². The summed E-state index contributed by atoms with van der Waals surface area (Å²) < 4.78 is 81.3. The van der Waals surface area contributed by atoms with Crippen molar-refractivity contribution in [3.63, 3.8) is 0 Å². The number of benzene rings is 2. The van der Waals surface area contributed by atoms with Crippen LogP contribution in [-0.4, -0.2) is 193 Å². The summed E-state index contributed by atoms with van der Waals surface area (Å²) in [6.45, 7) is 2.76. The minimum atomic E-state index is -5.25. The molecule has 434 valence electrons. The SMILES string of the molecule is Nc1nc2c(c(=O)[nH]1)n(Cc1ccccc1)c[n+]2C1OC(COP(=O)(O)OP(=O)(O)NCCOCCOCCOCCOCCOCCOCCOCCC(=O)Nc2cccc3c2CN(C2CCC(=O)NC2=O)C3=O)C(O)C1O. The van der Waals surface area contributed by atoms with Gasteiger partial charge in [-0.2, -0.15) is 4.31 Å². The Hall–Kier alpha value is -5.47. The highest BCUT2D eigenvalue weighted by Crippen LogP contribution is 2.57. The Bertz CT molecular complexity index is 2850. The number of imidazole rings is 1. The maximum absolute atomic E-state index is 13.0. The fraction of sp³-hybridized carbons (Fsp3) is 0.553. The van der Waals surface area contributed by atoms with Crippen LogP contribution >= 0.6 is 15.6 Å². The summed E-state index contributed by atoms with van der Waals surface area (Å²) in [5.74, 6) is -1.72. The average molecular weight is 1160 g/mol. The Labute approximate surface area is 451 Å². The van der Waals surface area contributed by atoms with Gasteiger partial charge in [0.15, 0.2) is 6.33 Å². The zero-order valence-electron chi connectivity index (χ0n) is 42.9. The predicted molar refractivity (Wildman–Crippen MR) is 273 cm³/mol. The molecule has 4 amide bonds. The number of nitrogens with zero attached hydrogens (tertiary/aromatic N) is 4. The third-order valence-corrected chi connectivity index (χ3v) is 15.0. The van der Waals surface area contributed by atoms with Crippen LogP contribution in [0, 0.1) is 0 Å². The predicted octanol–water partition coefficient (Wildman–Crippen LogP) is -1.01. The van der Waals surface area contributed by atoms with Gasteiger partial charge in [-0.05, 0) is 24.1 Å². The summed E-state index contributed by atoms with van der Waals surface area (Å²) in [5.41, 5.74) is 7.67. The normalized spacial score (nSPS) is 20.8. The number of hydrogen-bond acceptors (Lipinski definition) is 21. The van der Waals surface area contributed by atoms with E-state index in [2.05, 4.69) is 30.0 Å². The highest BCUT2D eigenvalue weighted by molar-refractivity contribution is 7.62. The van der Waals surface area contributed by atoms with Crippen LogP contribution in [0.2, 0.25) is 0 Å². The molecule has 0 bridgehead atoms. The van der Waals surface area contributed by atoms with E-state index in [-0.39, 0.29) is 113 Å². The number of amides is 4. The molecule has 0 spiro atoms. The fourth-order valence-electron chi connectivity index (χ4n) is 8.48. The van der Waals surface area contributed by atoms with Gasteiger partial charge >= 0.3 is 21.2 Å². The Balaban J connectivity index is 0.636. The smallest absolute Gasteiger partial charge is 0.387 e. The summed E-state index contributed by atoms with van der Waals surface area (Å²) in [6.07, 6.45) is -4.24. The third kappa shape index (κ3) is 18.0. The highest BCUT2D eigenvalue weighted by atomic mass is 31.3. The molecule has 2 fully saturated rings. The number of phosphoric ester groups is 1. The third-order valence-electron chi connectivity index (χ3n) is 12.2. The van der Waals surface area contributed by atoms with Crippen LogP contribution in [0.3, 0.4) is 0 Å². The molecule has 0 saturated carbocycles. The molecule has 10 N–H and O–H groups in total. The van der Waals surface area contributed by atoms with Crippen molar-refractivity contribution in [1.82, 2.24) is 29.8 Å². The average Bonchev–Trinajstić information content (AvgIpc) is 4.27. The monoisotopic (exact) mass is 1150 g/mol. The second-order valence-corrected chi connectivity index (χ2v) is 21.1. The van der Waals surface area contributed by atoms with Gasteiger partial charge in [0.05, 0.1) is 112 Å². The summed E-state index contributed by atoms with van der Waals surface area (Å²) >= 11 is 0. The molecule has 7 rings (SSSR count). The zero-order valence-corrected chi connectivity index (χ0v) is 44.7. The topological polar surface area (TPSA) is 396 Å². The number of carbonyl (C=O) groups is 4. The van der Waals surface area contributed by atoms with Crippen molar-refractivity contribution in [2.24, 2.45) is 0 Å². The van der Waals surface area contributed by atoms with Gasteiger partial charge in [-0.25, -0.2) is 18.8 Å². The highest BCUT2D eigenvalue weighted by Gasteiger charge is 2.48. The standard InChI is InChI=1S/C47H65N9O21P2/c48-47-52-42-39(44(62)53-47)54(27-31-5-2-1-3-6-31)30-56(42)46-41(60)40(59)36(76-46)29-75-79(66,67)77-78(64,65)49-12-14-69-16-18-71-20-22-73-24-26-74-25-23-72-21-19-70-17-15-68-13-11-38(58)50-34-8-4-7-32-33(34)28-55(45(32)63)35-9-10-37(57)51-43(35)61/h1-8,30,35-36,40-41,46,59-60H,9-29H2,(H7-,48,49,50,51,52,53,57,58,61,62,64,65,66,67)/p+1. The summed E-state index contributed by atoms with van der Waals surface area (Å²) in [5, 5.41) is 28.9. The maximum Gasteiger partial charge on any atom is 0.480 e. The number of hydrogen-bond donors (Lipinski definition) is 9. The van der Waals surface area contributed by atoms with Crippen molar-refractivity contribution in [2.75, 3.05) is 117 Å². The molecule has 30 nitrogen and oxygen atoms in total. The van der Waals surface area contributed by atoms with E-state index in [1.807, 2.05) is 30.3 Å². The molecule has 79 heavy (non-hydrogen) atoms. The quantitative estimate of drug-likeness (QED) is 0.0115. The van der Waals surface area contributed by atoms with E-state index in [4.69, 9.17) is 48.2 Å². The van der Waals surface area contributed by atoms with E-state index < -0.39 is 64.2 Å². The van der Waals surface area contributed by atoms with E-state index in [1.54, 1.807) is 22.8 Å². The van der Waals surface area contributed by atoms with Crippen LogP contribution in [0.25, 0.3) is 11.2 Å².